The van der Waals surface area contributed by atoms with Crippen LogP contribution >= 0.6 is 0 Å². The van der Waals surface area contributed by atoms with Crippen molar-refractivity contribution >= 4 is 11.8 Å². The number of methoxy groups -OCH3 is 2. The van der Waals surface area contributed by atoms with Gasteiger partial charge < -0.3 is 14.5 Å². The molecule has 4 nitrogen and oxygen atoms in total. The SMILES string of the molecule is COC(OC)C1=N/C(=C\c2cc(C)c[nH]2)C(C)(C)C1. The standard InChI is InChI=1S/C15H22N2O2/c1-10-6-11(16-9-10)7-13-15(2,3)8-12(17-13)14(18-4)19-5/h6-7,9,14,16H,8H2,1-5H3/b13-7-. The molecule has 0 aromatic carbocycles. The first-order chi connectivity index (χ1) is 8.96. The molecule has 0 aliphatic carbocycles. The van der Waals surface area contributed by atoms with Gasteiger partial charge in [-0.3, -0.25) is 4.99 Å². The number of H-pyrrole nitrogens is 1. The fourth-order valence-electron chi connectivity index (χ4n) is 2.38. The van der Waals surface area contributed by atoms with Gasteiger partial charge in [0.05, 0.1) is 5.71 Å². The monoisotopic (exact) mass is 262 g/mol. The van der Waals surface area contributed by atoms with E-state index in [2.05, 4.69) is 37.9 Å². The normalized spacial score (nSPS) is 20.3. The summed E-state index contributed by atoms with van der Waals surface area (Å²) in [6.07, 6.45) is 4.59. The Hall–Kier alpha value is -1.39. The molecule has 0 saturated carbocycles. The van der Waals surface area contributed by atoms with Crippen molar-refractivity contribution in [3.8, 4) is 0 Å². The zero-order valence-corrected chi connectivity index (χ0v) is 12.3. The molecule has 1 aliphatic heterocycles. The molecule has 4 heteroatoms. The van der Waals surface area contributed by atoms with Crippen molar-refractivity contribution in [2.45, 2.75) is 33.5 Å². The molecule has 1 aromatic rings. The molecular weight excluding hydrogens is 240 g/mol. The van der Waals surface area contributed by atoms with E-state index in [1.54, 1.807) is 14.2 Å². The lowest BCUT2D eigenvalue weighted by atomic mass is 9.86. The van der Waals surface area contributed by atoms with Gasteiger partial charge in [-0.15, -0.1) is 0 Å². The Morgan fingerprint density at radius 1 is 1.37 bits per heavy atom. The second-order valence-electron chi connectivity index (χ2n) is 5.63. The van der Waals surface area contributed by atoms with Crippen molar-refractivity contribution < 1.29 is 9.47 Å². The van der Waals surface area contributed by atoms with Gasteiger partial charge in [0.15, 0.2) is 6.29 Å². The van der Waals surface area contributed by atoms with Crippen LogP contribution in [0, 0.1) is 12.3 Å². The highest BCUT2D eigenvalue weighted by Crippen LogP contribution is 2.39. The molecule has 19 heavy (non-hydrogen) atoms. The summed E-state index contributed by atoms with van der Waals surface area (Å²) in [4.78, 5) is 7.93. The molecule has 0 unspecified atom stereocenters. The zero-order chi connectivity index (χ0) is 14.0. The van der Waals surface area contributed by atoms with Crippen LogP contribution in [0.1, 0.15) is 31.5 Å². The quantitative estimate of drug-likeness (QED) is 0.847. The summed E-state index contributed by atoms with van der Waals surface area (Å²) >= 11 is 0. The molecule has 104 valence electrons. The number of rotatable bonds is 4. The minimum Gasteiger partial charge on any atom is -0.361 e. The molecule has 0 bridgehead atoms. The van der Waals surface area contributed by atoms with Gasteiger partial charge in [0.1, 0.15) is 0 Å². The van der Waals surface area contributed by atoms with Crippen LogP contribution in [-0.2, 0) is 9.47 Å². The van der Waals surface area contributed by atoms with Crippen molar-refractivity contribution in [2.75, 3.05) is 14.2 Å². The lowest BCUT2D eigenvalue weighted by Crippen LogP contribution is -2.25. The van der Waals surface area contributed by atoms with Gasteiger partial charge in [0.25, 0.3) is 0 Å². The Morgan fingerprint density at radius 3 is 2.58 bits per heavy atom. The van der Waals surface area contributed by atoms with Crippen LogP contribution in [-0.4, -0.2) is 31.2 Å². The molecule has 1 N–H and O–H groups in total. The Bertz CT molecular complexity index is 508. The maximum atomic E-state index is 5.29. The molecule has 0 amide bonds. The van der Waals surface area contributed by atoms with E-state index in [1.165, 1.54) is 5.56 Å². The minimum absolute atomic E-state index is 0.00363. The number of aliphatic imine (C=N–C) groups is 1. The van der Waals surface area contributed by atoms with Crippen molar-refractivity contribution in [3.05, 3.63) is 29.2 Å². The summed E-state index contributed by atoms with van der Waals surface area (Å²) in [5, 5.41) is 0. The summed E-state index contributed by atoms with van der Waals surface area (Å²) in [5.41, 5.74) is 4.31. The fraction of sp³-hybridized carbons (Fsp3) is 0.533. The van der Waals surface area contributed by atoms with Gasteiger partial charge in [0, 0.05) is 43.6 Å². The summed E-state index contributed by atoms with van der Waals surface area (Å²) in [5.74, 6) is 0. The number of nitrogens with one attached hydrogen (secondary N) is 1. The van der Waals surface area contributed by atoms with E-state index < -0.39 is 0 Å². The van der Waals surface area contributed by atoms with E-state index in [0.717, 1.165) is 23.5 Å². The van der Waals surface area contributed by atoms with E-state index in [1.807, 2.05) is 6.20 Å². The van der Waals surface area contributed by atoms with Crippen molar-refractivity contribution in [1.29, 1.82) is 0 Å². The average molecular weight is 262 g/mol. The van der Waals surface area contributed by atoms with Crippen LogP contribution in [0.25, 0.3) is 6.08 Å². The highest BCUT2D eigenvalue weighted by molar-refractivity contribution is 5.92. The summed E-state index contributed by atoms with van der Waals surface area (Å²) in [7, 11) is 3.28. The number of nitrogens with zero attached hydrogens (tertiary/aromatic N) is 1. The van der Waals surface area contributed by atoms with Crippen LogP contribution in [0.5, 0.6) is 0 Å². The average Bonchev–Trinajstić information content (AvgIpc) is 2.86. The first-order valence-corrected chi connectivity index (χ1v) is 6.46. The van der Waals surface area contributed by atoms with Crippen LogP contribution in [0.4, 0.5) is 0 Å². The number of aromatic nitrogens is 1. The van der Waals surface area contributed by atoms with Gasteiger partial charge in [-0.25, -0.2) is 0 Å². The lowest BCUT2D eigenvalue weighted by molar-refractivity contribution is -0.0532. The molecule has 0 radical (unpaired) electrons. The van der Waals surface area contributed by atoms with Gasteiger partial charge in [0.2, 0.25) is 0 Å². The first kappa shape index (κ1) is 14.0. The number of ether oxygens (including phenoxy) is 2. The fourth-order valence-corrected chi connectivity index (χ4v) is 2.38. The minimum atomic E-state index is -0.351. The number of hydrogen-bond acceptors (Lipinski definition) is 3. The lowest BCUT2D eigenvalue weighted by Gasteiger charge is -2.19. The van der Waals surface area contributed by atoms with Gasteiger partial charge in [-0.2, -0.15) is 0 Å². The molecule has 2 heterocycles. The van der Waals surface area contributed by atoms with Gasteiger partial charge >= 0.3 is 0 Å². The van der Waals surface area contributed by atoms with Crippen LogP contribution < -0.4 is 0 Å². The van der Waals surface area contributed by atoms with Crippen molar-refractivity contribution in [1.82, 2.24) is 4.98 Å². The van der Waals surface area contributed by atoms with E-state index in [-0.39, 0.29) is 11.7 Å². The number of hydrogen-bond donors (Lipinski definition) is 1. The third kappa shape index (κ3) is 2.96. The number of aromatic amines is 1. The summed E-state index contributed by atoms with van der Waals surface area (Å²) < 4.78 is 10.6. The third-order valence-electron chi connectivity index (χ3n) is 3.42. The maximum absolute atomic E-state index is 5.29. The molecule has 0 spiro atoms. The predicted molar refractivity (Wildman–Crippen MR) is 77.1 cm³/mol. The molecule has 2 rings (SSSR count). The molecule has 0 fully saturated rings. The van der Waals surface area contributed by atoms with E-state index in [0.29, 0.717) is 0 Å². The third-order valence-corrected chi connectivity index (χ3v) is 3.42. The molecule has 0 atom stereocenters. The van der Waals surface area contributed by atoms with Gasteiger partial charge in [-0.05, 0) is 24.6 Å². The predicted octanol–water partition coefficient (Wildman–Crippen LogP) is 3.15. The smallest absolute Gasteiger partial charge is 0.196 e. The largest absolute Gasteiger partial charge is 0.361 e. The summed E-state index contributed by atoms with van der Waals surface area (Å²) in [6, 6.07) is 2.11. The maximum Gasteiger partial charge on any atom is 0.196 e. The second kappa shape index (κ2) is 5.31. The molecule has 1 aliphatic rings. The summed E-state index contributed by atoms with van der Waals surface area (Å²) in [6.45, 7) is 6.44. The first-order valence-electron chi connectivity index (χ1n) is 6.46. The Labute approximate surface area is 114 Å². The van der Waals surface area contributed by atoms with Crippen LogP contribution in [0.15, 0.2) is 23.0 Å². The van der Waals surface area contributed by atoms with E-state index >= 15 is 0 Å². The van der Waals surface area contributed by atoms with Crippen LogP contribution in [0.2, 0.25) is 0 Å². The molecule has 1 aromatic heterocycles. The number of aryl methyl sites for hydroxylation is 1. The van der Waals surface area contributed by atoms with Gasteiger partial charge in [-0.1, -0.05) is 13.8 Å². The topological polar surface area (TPSA) is 46.6 Å². The molecule has 0 saturated heterocycles. The van der Waals surface area contributed by atoms with Crippen molar-refractivity contribution in [3.63, 3.8) is 0 Å². The van der Waals surface area contributed by atoms with E-state index in [4.69, 9.17) is 14.5 Å². The van der Waals surface area contributed by atoms with E-state index in [9.17, 15) is 0 Å². The Morgan fingerprint density at radius 2 is 2.05 bits per heavy atom. The second-order valence-corrected chi connectivity index (χ2v) is 5.63. The van der Waals surface area contributed by atoms with Crippen LogP contribution in [0.3, 0.4) is 0 Å². The Balaban J connectivity index is 2.30. The van der Waals surface area contributed by atoms with Crippen molar-refractivity contribution in [2.24, 2.45) is 10.4 Å². The highest BCUT2D eigenvalue weighted by atomic mass is 16.7. The number of allylic oxidation sites excluding steroid dienone is 1. The molecular formula is C15H22N2O2. The Kier molecular flexibility index (Phi) is 3.92. The highest BCUT2D eigenvalue weighted by Gasteiger charge is 2.35. The zero-order valence-electron chi connectivity index (χ0n) is 12.3.